The van der Waals surface area contributed by atoms with E-state index in [1.54, 1.807) is 7.11 Å². The van der Waals surface area contributed by atoms with Gasteiger partial charge in [-0.3, -0.25) is 4.79 Å². The molecule has 0 saturated heterocycles. The van der Waals surface area contributed by atoms with Gasteiger partial charge in [0.2, 0.25) is 0 Å². The van der Waals surface area contributed by atoms with E-state index in [9.17, 15) is 4.79 Å². The summed E-state index contributed by atoms with van der Waals surface area (Å²) in [4.78, 5) is 12.1. The van der Waals surface area contributed by atoms with E-state index in [0.29, 0.717) is 0 Å². The highest BCUT2D eigenvalue weighted by atomic mass is 16.5. The van der Waals surface area contributed by atoms with Crippen LogP contribution in [0.1, 0.15) is 35.2 Å². The van der Waals surface area contributed by atoms with E-state index in [1.165, 1.54) is 0 Å². The molecule has 16 heavy (non-hydrogen) atoms. The lowest BCUT2D eigenvalue weighted by atomic mass is 10.0. The Labute approximate surface area is 95.9 Å². The van der Waals surface area contributed by atoms with Gasteiger partial charge in [-0.15, -0.1) is 0 Å². The Morgan fingerprint density at radius 3 is 2.81 bits per heavy atom. The van der Waals surface area contributed by atoms with Gasteiger partial charge in [-0.2, -0.15) is 0 Å². The lowest BCUT2D eigenvalue weighted by molar-refractivity contribution is 0.103. The first-order valence-corrected chi connectivity index (χ1v) is 5.61. The minimum absolute atomic E-state index is 0.149. The first-order valence-electron chi connectivity index (χ1n) is 5.61. The quantitative estimate of drug-likeness (QED) is 0.725. The van der Waals surface area contributed by atoms with Crippen LogP contribution in [0.4, 0.5) is 0 Å². The van der Waals surface area contributed by atoms with Gasteiger partial charge < -0.3 is 4.74 Å². The summed E-state index contributed by atoms with van der Waals surface area (Å²) in [5, 5.41) is 0. The largest absolute Gasteiger partial charge is 0.496 e. The standard InChI is InChI=1S/C14H16O2/c1-10-7-8-12(9-13(10)16-2)14(15)11-5-3-4-6-11/h5,7-9H,3-4,6H2,1-2H3. The van der Waals surface area contributed by atoms with Gasteiger partial charge in [-0.05, 0) is 43.4 Å². The molecule has 2 rings (SSSR count). The maximum absolute atomic E-state index is 12.1. The van der Waals surface area contributed by atoms with E-state index in [-0.39, 0.29) is 5.78 Å². The maximum atomic E-state index is 12.1. The van der Waals surface area contributed by atoms with Crippen LogP contribution >= 0.6 is 0 Å². The fourth-order valence-electron chi connectivity index (χ4n) is 2.02. The minimum Gasteiger partial charge on any atom is -0.496 e. The van der Waals surface area contributed by atoms with Crippen molar-refractivity contribution in [1.82, 2.24) is 0 Å². The average molecular weight is 216 g/mol. The Kier molecular flexibility index (Phi) is 3.09. The zero-order chi connectivity index (χ0) is 11.5. The van der Waals surface area contributed by atoms with Gasteiger partial charge in [0.1, 0.15) is 5.75 Å². The average Bonchev–Trinajstić information content (AvgIpc) is 2.82. The molecular formula is C14H16O2. The van der Waals surface area contributed by atoms with Crippen molar-refractivity contribution in [2.75, 3.05) is 7.11 Å². The van der Waals surface area contributed by atoms with Gasteiger partial charge in [0.25, 0.3) is 0 Å². The lowest BCUT2D eigenvalue weighted by Crippen LogP contribution is -2.02. The van der Waals surface area contributed by atoms with Gasteiger partial charge in [-0.1, -0.05) is 18.2 Å². The van der Waals surface area contributed by atoms with E-state index in [4.69, 9.17) is 4.74 Å². The summed E-state index contributed by atoms with van der Waals surface area (Å²) in [6.07, 6.45) is 5.10. The van der Waals surface area contributed by atoms with Crippen LogP contribution < -0.4 is 4.74 Å². The van der Waals surface area contributed by atoms with Crippen molar-refractivity contribution in [3.63, 3.8) is 0 Å². The third-order valence-electron chi connectivity index (χ3n) is 3.00. The Bertz CT molecular complexity index is 444. The summed E-state index contributed by atoms with van der Waals surface area (Å²) in [5.41, 5.74) is 2.74. The molecule has 0 saturated carbocycles. The molecule has 2 heteroatoms. The second kappa shape index (κ2) is 4.52. The number of carbonyl (C=O) groups excluding carboxylic acids is 1. The van der Waals surface area contributed by atoms with E-state index in [0.717, 1.165) is 41.7 Å². The Morgan fingerprint density at radius 2 is 2.19 bits per heavy atom. The van der Waals surface area contributed by atoms with Gasteiger partial charge in [0.05, 0.1) is 7.11 Å². The molecule has 1 aromatic rings. The number of hydrogen-bond donors (Lipinski definition) is 0. The number of aryl methyl sites for hydroxylation is 1. The van der Waals surface area contributed by atoms with Crippen molar-refractivity contribution in [2.45, 2.75) is 26.2 Å². The molecule has 1 aromatic carbocycles. The minimum atomic E-state index is 0.149. The molecule has 0 spiro atoms. The van der Waals surface area contributed by atoms with Crippen LogP contribution in [0.2, 0.25) is 0 Å². The number of ketones is 1. The molecule has 0 heterocycles. The zero-order valence-electron chi connectivity index (χ0n) is 9.75. The van der Waals surface area contributed by atoms with Crippen LogP contribution in [0, 0.1) is 6.92 Å². The van der Waals surface area contributed by atoms with Crippen molar-refractivity contribution in [3.05, 3.63) is 41.0 Å². The molecule has 2 nitrogen and oxygen atoms in total. The molecule has 1 aliphatic carbocycles. The van der Waals surface area contributed by atoms with Crippen LogP contribution in [0.15, 0.2) is 29.8 Å². The number of carbonyl (C=O) groups is 1. The molecule has 84 valence electrons. The van der Waals surface area contributed by atoms with E-state index < -0.39 is 0 Å². The fourth-order valence-corrected chi connectivity index (χ4v) is 2.02. The predicted octanol–water partition coefficient (Wildman–Crippen LogP) is 3.30. The third kappa shape index (κ3) is 2.01. The van der Waals surface area contributed by atoms with Crippen LogP contribution in [0.3, 0.4) is 0 Å². The maximum Gasteiger partial charge on any atom is 0.188 e. The number of hydrogen-bond acceptors (Lipinski definition) is 2. The molecule has 0 atom stereocenters. The van der Waals surface area contributed by atoms with Gasteiger partial charge in [0.15, 0.2) is 5.78 Å². The number of allylic oxidation sites excluding steroid dienone is 2. The van der Waals surface area contributed by atoms with Crippen molar-refractivity contribution < 1.29 is 9.53 Å². The number of Topliss-reactive ketones (excluding diaryl/α,β-unsaturated/α-hetero) is 1. The highest BCUT2D eigenvalue weighted by molar-refractivity contribution is 6.09. The zero-order valence-corrected chi connectivity index (χ0v) is 9.75. The highest BCUT2D eigenvalue weighted by Crippen LogP contribution is 2.25. The third-order valence-corrected chi connectivity index (χ3v) is 3.00. The summed E-state index contributed by atoms with van der Waals surface area (Å²) in [6, 6.07) is 5.64. The number of rotatable bonds is 3. The van der Waals surface area contributed by atoms with Crippen LogP contribution in [0.25, 0.3) is 0 Å². The van der Waals surface area contributed by atoms with Crippen molar-refractivity contribution in [2.24, 2.45) is 0 Å². The summed E-state index contributed by atoms with van der Waals surface area (Å²) in [6.45, 7) is 1.97. The first-order chi connectivity index (χ1) is 7.72. The van der Waals surface area contributed by atoms with Crippen LogP contribution in [-0.2, 0) is 0 Å². The van der Waals surface area contributed by atoms with Crippen molar-refractivity contribution in [1.29, 1.82) is 0 Å². The second-order valence-corrected chi connectivity index (χ2v) is 4.14. The molecule has 0 fully saturated rings. The Hall–Kier alpha value is -1.57. The first kappa shape index (κ1) is 10.9. The summed E-state index contributed by atoms with van der Waals surface area (Å²) in [5.74, 6) is 0.931. The molecule has 0 N–H and O–H groups in total. The molecule has 0 amide bonds. The van der Waals surface area contributed by atoms with E-state index >= 15 is 0 Å². The second-order valence-electron chi connectivity index (χ2n) is 4.14. The summed E-state index contributed by atoms with van der Waals surface area (Å²) in [7, 11) is 1.63. The van der Waals surface area contributed by atoms with E-state index in [2.05, 4.69) is 6.08 Å². The molecule has 0 radical (unpaired) electrons. The Balaban J connectivity index is 2.30. The van der Waals surface area contributed by atoms with Crippen LogP contribution in [0.5, 0.6) is 5.75 Å². The predicted molar refractivity (Wildman–Crippen MR) is 64.0 cm³/mol. The normalized spacial score (nSPS) is 14.8. The molecule has 0 aliphatic heterocycles. The summed E-state index contributed by atoms with van der Waals surface area (Å²) >= 11 is 0. The molecule has 0 unspecified atom stereocenters. The summed E-state index contributed by atoms with van der Waals surface area (Å²) < 4.78 is 5.23. The lowest BCUT2D eigenvalue weighted by Gasteiger charge is -2.07. The SMILES string of the molecule is COc1cc(C(=O)C2=CCCC2)ccc1C. The molecular weight excluding hydrogens is 200 g/mol. The molecule has 1 aliphatic rings. The van der Waals surface area contributed by atoms with Crippen molar-refractivity contribution >= 4 is 5.78 Å². The van der Waals surface area contributed by atoms with Gasteiger partial charge >= 0.3 is 0 Å². The van der Waals surface area contributed by atoms with Gasteiger partial charge in [0, 0.05) is 5.56 Å². The topological polar surface area (TPSA) is 26.3 Å². The molecule has 0 aromatic heterocycles. The van der Waals surface area contributed by atoms with Gasteiger partial charge in [-0.25, -0.2) is 0 Å². The number of ether oxygens (including phenoxy) is 1. The molecule has 0 bridgehead atoms. The Morgan fingerprint density at radius 1 is 1.38 bits per heavy atom. The fraction of sp³-hybridized carbons (Fsp3) is 0.357. The highest BCUT2D eigenvalue weighted by Gasteiger charge is 2.16. The number of benzene rings is 1. The monoisotopic (exact) mass is 216 g/mol. The number of methoxy groups -OCH3 is 1. The van der Waals surface area contributed by atoms with Crippen LogP contribution in [-0.4, -0.2) is 12.9 Å². The smallest absolute Gasteiger partial charge is 0.188 e. The van der Waals surface area contributed by atoms with E-state index in [1.807, 2.05) is 25.1 Å². The van der Waals surface area contributed by atoms with Crippen molar-refractivity contribution in [3.8, 4) is 5.75 Å².